The van der Waals surface area contributed by atoms with E-state index in [1.807, 2.05) is 30.3 Å². The Kier molecular flexibility index (Phi) is 5.29. The average molecular weight is 300 g/mol. The fourth-order valence-electron chi connectivity index (χ4n) is 1.80. The van der Waals surface area contributed by atoms with Gasteiger partial charge >= 0.3 is 0 Å². The van der Waals surface area contributed by atoms with Crippen LogP contribution in [0, 0.1) is 0 Å². The Hall–Kier alpha value is -2.40. The van der Waals surface area contributed by atoms with Crippen LogP contribution in [0.3, 0.4) is 0 Å². The number of nitrogens with one attached hydrogen (secondary N) is 1. The highest BCUT2D eigenvalue weighted by molar-refractivity contribution is 7.80. The largest absolute Gasteiger partial charge is 0.486 e. The summed E-state index contributed by atoms with van der Waals surface area (Å²) >= 11 is 4.75. The highest BCUT2D eigenvalue weighted by Crippen LogP contribution is 2.17. The van der Waals surface area contributed by atoms with Crippen LogP contribution in [-0.2, 0) is 11.2 Å². The van der Waals surface area contributed by atoms with E-state index in [1.165, 1.54) is 0 Å². The molecule has 0 aliphatic heterocycles. The Morgan fingerprint density at radius 3 is 2.62 bits per heavy atom. The summed E-state index contributed by atoms with van der Waals surface area (Å²) in [4.78, 5) is 12.3. The molecule has 0 saturated heterocycles. The van der Waals surface area contributed by atoms with Crippen molar-refractivity contribution in [2.45, 2.75) is 6.42 Å². The molecule has 0 heterocycles. The summed E-state index contributed by atoms with van der Waals surface area (Å²) in [5.41, 5.74) is 7.03. The summed E-state index contributed by atoms with van der Waals surface area (Å²) in [7, 11) is 0. The van der Waals surface area contributed by atoms with E-state index in [2.05, 4.69) is 5.32 Å². The third-order valence-electron chi connectivity index (χ3n) is 2.71. The quantitative estimate of drug-likeness (QED) is 0.805. The van der Waals surface area contributed by atoms with E-state index >= 15 is 0 Å². The first-order valence-corrected chi connectivity index (χ1v) is 6.89. The molecule has 21 heavy (non-hydrogen) atoms. The van der Waals surface area contributed by atoms with Gasteiger partial charge in [0.15, 0.2) is 0 Å². The monoisotopic (exact) mass is 300 g/mol. The van der Waals surface area contributed by atoms with Crippen molar-refractivity contribution in [2.75, 3.05) is 11.9 Å². The van der Waals surface area contributed by atoms with Crippen LogP contribution in [0.1, 0.15) is 5.56 Å². The van der Waals surface area contributed by atoms with Gasteiger partial charge in [-0.3, -0.25) is 4.79 Å². The molecule has 2 rings (SSSR count). The minimum Gasteiger partial charge on any atom is -0.486 e. The standard InChI is InChI=1S/C16H16N2O2S/c17-15(21)11-20-14-8-4-7-13(10-14)18-16(19)9-12-5-2-1-3-6-12/h1-8,10H,9,11H2,(H2,17,21)(H,18,19). The molecule has 0 aliphatic carbocycles. The third-order valence-corrected chi connectivity index (χ3v) is 2.82. The van der Waals surface area contributed by atoms with E-state index in [4.69, 9.17) is 22.7 Å². The van der Waals surface area contributed by atoms with Gasteiger partial charge in [-0.25, -0.2) is 0 Å². The zero-order valence-corrected chi connectivity index (χ0v) is 12.2. The number of benzene rings is 2. The molecule has 0 aliphatic rings. The Morgan fingerprint density at radius 2 is 1.90 bits per heavy atom. The van der Waals surface area contributed by atoms with Gasteiger partial charge in [0.2, 0.25) is 5.91 Å². The number of nitrogens with two attached hydrogens (primary N) is 1. The molecule has 0 unspecified atom stereocenters. The summed E-state index contributed by atoms with van der Waals surface area (Å²) in [5.74, 6) is 0.535. The lowest BCUT2D eigenvalue weighted by atomic mass is 10.1. The van der Waals surface area contributed by atoms with Crippen LogP contribution in [-0.4, -0.2) is 17.5 Å². The number of carbonyl (C=O) groups excluding carboxylic acids is 1. The Balaban J connectivity index is 1.94. The molecule has 5 heteroatoms. The second kappa shape index (κ2) is 7.40. The van der Waals surface area contributed by atoms with E-state index in [0.717, 1.165) is 5.56 Å². The lowest BCUT2D eigenvalue weighted by Gasteiger charge is -2.08. The first kappa shape index (κ1) is 15.0. The van der Waals surface area contributed by atoms with Gasteiger partial charge in [0.25, 0.3) is 0 Å². The number of hydrogen-bond acceptors (Lipinski definition) is 3. The van der Waals surface area contributed by atoms with Gasteiger partial charge in [0.05, 0.1) is 6.42 Å². The average Bonchev–Trinajstić information content (AvgIpc) is 2.46. The minimum atomic E-state index is -0.0762. The molecule has 2 aromatic carbocycles. The van der Waals surface area contributed by atoms with Crippen LogP contribution in [0.5, 0.6) is 5.75 Å². The van der Waals surface area contributed by atoms with Crippen LogP contribution in [0.4, 0.5) is 5.69 Å². The molecule has 0 aromatic heterocycles. The minimum absolute atomic E-state index is 0.0762. The number of rotatable bonds is 6. The first-order valence-electron chi connectivity index (χ1n) is 6.48. The van der Waals surface area contributed by atoms with Crippen LogP contribution in [0.25, 0.3) is 0 Å². The summed E-state index contributed by atoms with van der Waals surface area (Å²) in [6, 6.07) is 16.7. The summed E-state index contributed by atoms with van der Waals surface area (Å²) in [5, 5.41) is 2.84. The fraction of sp³-hybridized carbons (Fsp3) is 0.125. The molecule has 4 nitrogen and oxygen atoms in total. The molecule has 0 radical (unpaired) electrons. The van der Waals surface area contributed by atoms with Gasteiger partial charge in [-0.1, -0.05) is 48.6 Å². The normalized spacial score (nSPS) is 9.90. The van der Waals surface area contributed by atoms with E-state index < -0.39 is 0 Å². The molecular weight excluding hydrogens is 284 g/mol. The molecule has 0 bridgehead atoms. The lowest BCUT2D eigenvalue weighted by Crippen LogP contribution is -2.18. The number of anilines is 1. The second-order valence-corrected chi connectivity index (χ2v) is 5.02. The number of amides is 1. The number of ether oxygens (including phenoxy) is 1. The van der Waals surface area contributed by atoms with Crippen molar-refractivity contribution in [1.82, 2.24) is 0 Å². The van der Waals surface area contributed by atoms with Gasteiger partial charge in [-0.2, -0.15) is 0 Å². The van der Waals surface area contributed by atoms with Crippen LogP contribution >= 0.6 is 12.2 Å². The third kappa shape index (κ3) is 5.24. The second-order valence-electron chi connectivity index (χ2n) is 4.49. The van der Waals surface area contributed by atoms with Crippen molar-refractivity contribution < 1.29 is 9.53 Å². The summed E-state index contributed by atoms with van der Waals surface area (Å²) in [6.45, 7) is 0.177. The number of hydrogen-bond donors (Lipinski definition) is 2. The van der Waals surface area contributed by atoms with Crippen molar-refractivity contribution in [2.24, 2.45) is 5.73 Å². The van der Waals surface area contributed by atoms with E-state index in [-0.39, 0.29) is 17.5 Å². The lowest BCUT2D eigenvalue weighted by molar-refractivity contribution is -0.115. The Bertz CT molecular complexity index is 629. The zero-order valence-electron chi connectivity index (χ0n) is 11.4. The van der Waals surface area contributed by atoms with Crippen LogP contribution in [0.2, 0.25) is 0 Å². The van der Waals surface area contributed by atoms with E-state index in [9.17, 15) is 4.79 Å². The van der Waals surface area contributed by atoms with Gasteiger partial charge < -0.3 is 15.8 Å². The SMILES string of the molecule is NC(=S)COc1cccc(NC(=O)Cc2ccccc2)c1. The van der Waals surface area contributed by atoms with Crippen molar-refractivity contribution in [3.05, 3.63) is 60.2 Å². The number of thiocarbonyl (C=S) groups is 1. The highest BCUT2D eigenvalue weighted by Gasteiger charge is 2.05. The summed E-state index contributed by atoms with van der Waals surface area (Å²) in [6.07, 6.45) is 0.332. The molecule has 0 fully saturated rings. The predicted molar refractivity (Wildman–Crippen MR) is 87.5 cm³/mol. The smallest absolute Gasteiger partial charge is 0.228 e. The number of carbonyl (C=O) groups is 1. The Morgan fingerprint density at radius 1 is 1.14 bits per heavy atom. The molecule has 1 amide bonds. The van der Waals surface area contributed by atoms with Crippen LogP contribution in [0.15, 0.2) is 54.6 Å². The molecule has 0 spiro atoms. The molecule has 3 N–H and O–H groups in total. The first-order chi connectivity index (χ1) is 10.1. The molecule has 0 saturated carbocycles. The maximum atomic E-state index is 12.0. The van der Waals surface area contributed by atoms with Crippen LogP contribution < -0.4 is 15.8 Å². The molecule has 108 valence electrons. The van der Waals surface area contributed by atoms with Crippen molar-refractivity contribution in [3.8, 4) is 5.75 Å². The topological polar surface area (TPSA) is 64.3 Å². The molecular formula is C16H16N2O2S. The predicted octanol–water partition coefficient (Wildman–Crippen LogP) is 2.53. The van der Waals surface area contributed by atoms with Gasteiger partial charge in [-0.15, -0.1) is 0 Å². The van der Waals surface area contributed by atoms with Gasteiger partial charge in [0, 0.05) is 11.8 Å². The zero-order chi connectivity index (χ0) is 15.1. The highest BCUT2D eigenvalue weighted by atomic mass is 32.1. The fourth-order valence-corrected chi connectivity index (χ4v) is 1.86. The van der Waals surface area contributed by atoms with Gasteiger partial charge in [0.1, 0.15) is 17.3 Å². The van der Waals surface area contributed by atoms with Crippen molar-refractivity contribution in [3.63, 3.8) is 0 Å². The maximum Gasteiger partial charge on any atom is 0.228 e. The van der Waals surface area contributed by atoms with E-state index in [1.54, 1.807) is 24.3 Å². The Labute approximate surface area is 128 Å². The van der Waals surface area contributed by atoms with Crippen molar-refractivity contribution >= 4 is 28.8 Å². The maximum absolute atomic E-state index is 12.0. The van der Waals surface area contributed by atoms with E-state index in [0.29, 0.717) is 17.9 Å². The van der Waals surface area contributed by atoms with Gasteiger partial charge in [-0.05, 0) is 17.7 Å². The van der Waals surface area contributed by atoms with Crippen molar-refractivity contribution in [1.29, 1.82) is 0 Å². The molecule has 2 aromatic rings. The summed E-state index contributed by atoms with van der Waals surface area (Å²) < 4.78 is 5.39. The molecule has 0 atom stereocenters.